The number of aryl methyl sites for hydroxylation is 1. The summed E-state index contributed by atoms with van der Waals surface area (Å²) in [5.74, 6) is -0.0136. The summed E-state index contributed by atoms with van der Waals surface area (Å²) in [5, 5.41) is 37.9. The molecule has 0 aliphatic carbocycles. The van der Waals surface area contributed by atoms with Gasteiger partial charge in [-0.2, -0.15) is 0 Å². The molecule has 0 amide bonds. The summed E-state index contributed by atoms with van der Waals surface area (Å²) in [6, 6.07) is 11.7. The molecular weight excluding hydrogens is 292 g/mol. The highest BCUT2D eigenvalue weighted by Crippen LogP contribution is 2.25. The molecule has 0 bridgehead atoms. The van der Waals surface area contributed by atoms with Crippen LogP contribution in [-0.4, -0.2) is 26.5 Å². The molecule has 0 saturated carbocycles. The van der Waals surface area contributed by atoms with E-state index in [0.717, 1.165) is 17.5 Å². The number of rotatable bonds is 7. The first-order chi connectivity index (χ1) is 11.0. The molecule has 4 heteroatoms. The largest absolute Gasteiger partial charge is 0.508 e. The van der Waals surface area contributed by atoms with Crippen LogP contribution in [0.25, 0.3) is 6.08 Å². The van der Waals surface area contributed by atoms with Crippen LogP contribution in [0.4, 0.5) is 0 Å². The van der Waals surface area contributed by atoms with Crippen LogP contribution in [0.15, 0.2) is 48.5 Å². The molecule has 23 heavy (non-hydrogen) atoms. The Hall–Kier alpha value is -2.46. The van der Waals surface area contributed by atoms with Crippen LogP contribution in [0.2, 0.25) is 0 Å². The first-order valence-electron chi connectivity index (χ1n) is 7.69. The van der Waals surface area contributed by atoms with Gasteiger partial charge in [0.05, 0.1) is 6.10 Å². The molecule has 0 fully saturated rings. The summed E-state index contributed by atoms with van der Waals surface area (Å²) < 4.78 is 0. The molecule has 0 radical (unpaired) electrons. The average molecular weight is 314 g/mol. The van der Waals surface area contributed by atoms with Crippen LogP contribution in [0.1, 0.15) is 30.4 Å². The van der Waals surface area contributed by atoms with E-state index in [4.69, 9.17) is 0 Å². The van der Waals surface area contributed by atoms with Gasteiger partial charge in [-0.3, -0.25) is 0 Å². The van der Waals surface area contributed by atoms with Gasteiger partial charge < -0.3 is 20.4 Å². The number of phenols is 3. The van der Waals surface area contributed by atoms with Gasteiger partial charge in [0.15, 0.2) is 11.5 Å². The molecule has 0 aliphatic rings. The molecule has 2 aromatic rings. The fourth-order valence-corrected chi connectivity index (χ4v) is 2.30. The second kappa shape index (κ2) is 8.25. The lowest BCUT2D eigenvalue weighted by molar-refractivity contribution is 0.156. The SMILES string of the molecule is Oc1ccc(/C=C/CCC(O)CCc2ccc(O)c(O)c2)cc1. The standard InChI is InChI=1S/C19H22O4/c20-16(11-7-15-8-12-18(22)19(23)13-15)4-2-1-3-14-5-9-17(21)10-6-14/h1,3,5-6,8-10,12-13,16,20-23H,2,4,7,11H2/b3-1+. The minimum atomic E-state index is -0.407. The van der Waals surface area contributed by atoms with Gasteiger partial charge in [-0.1, -0.05) is 30.4 Å². The van der Waals surface area contributed by atoms with Crippen LogP contribution in [0.5, 0.6) is 17.2 Å². The molecule has 0 heterocycles. The molecule has 4 nitrogen and oxygen atoms in total. The van der Waals surface area contributed by atoms with E-state index in [1.807, 2.05) is 24.3 Å². The number of hydrogen-bond donors (Lipinski definition) is 4. The number of benzene rings is 2. The van der Waals surface area contributed by atoms with E-state index < -0.39 is 6.10 Å². The van der Waals surface area contributed by atoms with Crippen LogP contribution < -0.4 is 0 Å². The molecular formula is C19H22O4. The van der Waals surface area contributed by atoms with Gasteiger partial charge in [0, 0.05) is 0 Å². The van der Waals surface area contributed by atoms with Crippen molar-refractivity contribution in [2.45, 2.75) is 31.8 Å². The summed E-state index contributed by atoms with van der Waals surface area (Å²) in [7, 11) is 0. The minimum Gasteiger partial charge on any atom is -0.508 e. The first-order valence-corrected chi connectivity index (χ1v) is 7.69. The van der Waals surface area contributed by atoms with Crippen molar-refractivity contribution in [2.75, 3.05) is 0 Å². The van der Waals surface area contributed by atoms with Crippen LogP contribution in [0.3, 0.4) is 0 Å². The van der Waals surface area contributed by atoms with Gasteiger partial charge in [-0.15, -0.1) is 0 Å². The summed E-state index contributed by atoms with van der Waals surface area (Å²) in [4.78, 5) is 0. The molecule has 0 spiro atoms. The zero-order valence-corrected chi connectivity index (χ0v) is 12.9. The molecule has 1 unspecified atom stereocenters. The van der Waals surface area contributed by atoms with Gasteiger partial charge >= 0.3 is 0 Å². The van der Waals surface area contributed by atoms with Crippen molar-refractivity contribution in [2.24, 2.45) is 0 Å². The molecule has 2 rings (SSSR count). The van der Waals surface area contributed by atoms with Crippen molar-refractivity contribution in [3.8, 4) is 17.2 Å². The van der Waals surface area contributed by atoms with E-state index in [1.54, 1.807) is 18.2 Å². The highest BCUT2D eigenvalue weighted by molar-refractivity contribution is 5.50. The summed E-state index contributed by atoms with van der Waals surface area (Å²) in [5.41, 5.74) is 1.90. The van der Waals surface area contributed by atoms with Crippen molar-refractivity contribution in [3.05, 3.63) is 59.7 Å². The maximum Gasteiger partial charge on any atom is 0.157 e. The van der Waals surface area contributed by atoms with Crippen molar-refractivity contribution in [1.29, 1.82) is 0 Å². The number of phenolic OH excluding ortho intramolecular Hbond substituents is 3. The predicted molar refractivity (Wildman–Crippen MR) is 90.5 cm³/mol. The lowest BCUT2D eigenvalue weighted by atomic mass is 10.0. The Morgan fingerprint density at radius 2 is 1.61 bits per heavy atom. The van der Waals surface area contributed by atoms with Crippen molar-refractivity contribution < 1.29 is 20.4 Å². The highest BCUT2D eigenvalue weighted by atomic mass is 16.3. The number of hydrogen-bond acceptors (Lipinski definition) is 4. The predicted octanol–water partition coefficient (Wildman–Crippen LogP) is 3.59. The van der Waals surface area contributed by atoms with Crippen molar-refractivity contribution in [1.82, 2.24) is 0 Å². The van der Waals surface area contributed by atoms with E-state index in [0.29, 0.717) is 19.3 Å². The number of allylic oxidation sites excluding steroid dienone is 1. The van der Waals surface area contributed by atoms with Gasteiger partial charge in [0.1, 0.15) is 5.75 Å². The summed E-state index contributed by atoms with van der Waals surface area (Å²) in [6.07, 6.45) is 6.25. The highest BCUT2D eigenvalue weighted by Gasteiger charge is 2.05. The molecule has 4 N–H and O–H groups in total. The molecule has 0 aromatic heterocycles. The lowest BCUT2D eigenvalue weighted by Gasteiger charge is -2.09. The Morgan fingerprint density at radius 1 is 0.870 bits per heavy atom. The maximum atomic E-state index is 9.99. The Morgan fingerprint density at radius 3 is 2.30 bits per heavy atom. The Bertz CT molecular complexity index is 647. The third kappa shape index (κ3) is 5.68. The monoisotopic (exact) mass is 314 g/mol. The number of aliphatic hydroxyl groups excluding tert-OH is 1. The topological polar surface area (TPSA) is 80.9 Å². The average Bonchev–Trinajstić information content (AvgIpc) is 2.54. The third-order valence-electron chi connectivity index (χ3n) is 3.68. The lowest BCUT2D eigenvalue weighted by Crippen LogP contribution is -2.07. The van der Waals surface area contributed by atoms with E-state index in [2.05, 4.69) is 0 Å². The van der Waals surface area contributed by atoms with E-state index in [9.17, 15) is 20.4 Å². The fourth-order valence-electron chi connectivity index (χ4n) is 2.30. The number of aliphatic hydroxyl groups is 1. The van der Waals surface area contributed by atoms with Gasteiger partial charge in [-0.05, 0) is 61.1 Å². The van der Waals surface area contributed by atoms with Gasteiger partial charge in [-0.25, -0.2) is 0 Å². The normalized spacial score (nSPS) is 12.6. The van der Waals surface area contributed by atoms with Gasteiger partial charge in [0.2, 0.25) is 0 Å². The third-order valence-corrected chi connectivity index (χ3v) is 3.68. The van der Waals surface area contributed by atoms with Crippen LogP contribution in [-0.2, 0) is 6.42 Å². The molecule has 0 aliphatic heterocycles. The zero-order chi connectivity index (χ0) is 16.7. The van der Waals surface area contributed by atoms with Crippen LogP contribution >= 0.6 is 0 Å². The van der Waals surface area contributed by atoms with E-state index >= 15 is 0 Å². The second-order valence-corrected chi connectivity index (χ2v) is 5.59. The Labute approximate surface area is 136 Å². The molecule has 0 saturated heterocycles. The Kier molecular flexibility index (Phi) is 6.06. The Balaban J connectivity index is 1.71. The maximum absolute atomic E-state index is 9.99. The molecule has 122 valence electrons. The zero-order valence-electron chi connectivity index (χ0n) is 12.9. The van der Waals surface area contributed by atoms with Crippen LogP contribution in [0, 0.1) is 0 Å². The smallest absolute Gasteiger partial charge is 0.157 e. The number of aromatic hydroxyl groups is 3. The van der Waals surface area contributed by atoms with E-state index in [1.165, 1.54) is 12.1 Å². The second-order valence-electron chi connectivity index (χ2n) is 5.59. The van der Waals surface area contributed by atoms with Crippen molar-refractivity contribution in [3.63, 3.8) is 0 Å². The molecule has 1 atom stereocenters. The fraction of sp³-hybridized carbons (Fsp3) is 0.263. The first kappa shape index (κ1) is 16.9. The quantitative estimate of drug-likeness (QED) is 0.589. The van der Waals surface area contributed by atoms with Gasteiger partial charge in [0.25, 0.3) is 0 Å². The minimum absolute atomic E-state index is 0.131. The van der Waals surface area contributed by atoms with Crippen molar-refractivity contribution >= 4 is 6.08 Å². The summed E-state index contributed by atoms with van der Waals surface area (Å²) >= 11 is 0. The molecule has 2 aromatic carbocycles. The van der Waals surface area contributed by atoms with E-state index in [-0.39, 0.29) is 17.2 Å². The summed E-state index contributed by atoms with van der Waals surface area (Å²) in [6.45, 7) is 0.